The molecule has 1 aliphatic heterocycles. The molecule has 1 fully saturated rings. The maximum absolute atomic E-state index is 11.0. The van der Waals surface area contributed by atoms with Crippen LogP contribution in [0.5, 0.6) is 0 Å². The standard InChI is InChI=1S/C18H23NO2/c1-12-9-15(10-14-7-5-6-8-16(12)14)18(20)13(2)19-17(3,4)11-21-18/h5-10,13,19-20H,11H2,1-4H3. The molecule has 2 aromatic rings. The van der Waals surface area contributed by atoms with Gasteiger partial charge < -0.3 is 15.2 Å². The second-order valence-electron chi connectivity index (χ2n) is 6.75. The first-order valence-electron chi connectivity index (χ1n) is 7.46. The largest absolute Gasteiger partial charge is 0.361 e. The highest BCUT2D eigenvalue weighted by Gasteiger charge is 2.44. The Labute approximate surface area is 125 Å². The molecule has 1 saturated heterocycles. The van der Waals surface area contributed by atoms with E-state index in [1.54, 1.807) is 0 Å². The van der Waals surface area contributed by atoms with Gasteiger partial charge in [0.15, 0.2) is 0 Å². The molecule has 2 N–H and O–H groups in total. The highest BCUT2D eigenvalue weighted by molar-refractivity contribution is 5.86. The molecule has 0 radical (unpaired) electrons. The average molecular weight is 285 g/mol. The molecule has 2 aromatic carbocycles. The van der Waals surface area contributed by atoms with Gasteiger partial charge in [0.1, 0.15) is 0 Å². The van der Waals surface area contributed by atoms with Crippen molar-refractivity contribution in [3.05, 3.63) is 47.5 Å². The maximum Gasteiger partial charge on any atom is 0.208 e. The van der Waals surface area contributed by atoms with E-state index in [9.17, 15) is 5.11 Å². The Morgan fingerprint density at radius 3 is 2.67 bits per heavy atom. The fourth-order valence-corrected chi connectivity index (χ4v) is 3.18. The van der Waals surface area contributed by atoms with Crippen LogP contribution in [0, 0.1) is 6.92 Å². The van der Waals surface area contributed by atoms with Crippen molar-refractivity contribution in [2.75, 3.05) is 6.61 Å². The van der Waals surface area contributed by atoms with Gasteiger partial charge in [-0.1, -0.05) is 30.3 Å². The molecule has 0 saturated carbocycles. The molecule has 0 aliphatic carbocycles. The van der Waals surface area contributed by atoms with Gasteiger partial charge in [0.05, 0.1) is 12.6 Å². The van der Waals surface area contributed by atoms with Gasteiger partial charge in [-0.15, -0.1) is 0 Å². The molecule has 112 valence electrons. The van der Waals surface area contributed by atoms with Crippen LogP contribution in [0.3, 0.4) is 0 Å². The summed E-state index contributed by atoms with van der Waals surface area (Å²) >= 11 is 0. The van der Waals surface area contributed by atoms with E-state index < -0.39 is 5.79 Å². The van der Waals surface area contributed by atoms with Crippen molar-refractivity contribution in [3.8, 4) is 0 Å². The fraction of sp³-hybridized carbons (Fsp3) is 0.444. The second kappa shape index (κ2) is 4.80. The normalized spacial score (nSPS) is 28.7. The molecule has 0 aromatic heterocycles. The van der Waals surface area contributed by atoms with Crippen molar-refractivity contribution in [3.63, 3.8) is 0 Å². The number of nitrogens with one attached hydrogen (secondary N) is 1. The molecule has 2 atom stereocenters. The lowest BCUT2D eigenvalue weighted by molar-refractivity contribution is -0.263. The Balaban J connectivity index is 2.07. The van der Waals surface area contributed by atoms with Crippen molar-refractivity contribution in [2.24, 2.45) is 0 Å². The van der Waals surface area contributed by atoms with Gasteiger partial charge >= 0.3 is 0 Å². The minimum Gasteiger partial charge on any atom is -0.361 e. The Morgan fingerprint density at radius 2 is 1.95 bits per heavy atom. The molecule has 21 heavy (non-hydrogen) atoms. The van der Waals surface area contributed by atoms with Crippen molar-refractivity contribution < 1.29 is 9.84 Å². The van der Waals surface area contributed by atoms with E-state index >= 15 is 0 Å². The Bertz CT molecular complexity index is 680. The van der Waals surface area contributed by atoms with Gasteiger partial charge in [0.25, 0.3) is 0 Å². The lowest BCUT2D eigenvalue weighted by atomic mass is 9.90. The summed E-state index contributed by atoms with van der Waals surface area (Å²) in [6.07, 6.45) is 0. The van der Waals surface area contributed by atoms with Gasteiger partial charge in [0, 0.05) is 11.1 Å². The molecular weight excluding hydrogens is 262 g/mol. The maximum atomic E-state index is 11.0. The minimum absolute atomic E-state index is 0.127. The zero-order chi connectivity index (χ0) is 15.3. The van der Waals surface area contributed by atoms with Gasteiger partial charge in [-0.05, 0) is 50.1 Å². The first kappa shape index (κ1) is 14.5. The summed E-state index contributed by atoms with van der Waals surface area (Å²) < 4.78 is 5.88. The third-order valence-electron chi connectivity index (χ3n) is 4.33. The summed E-state index contributed by atoms with van der Waals surface area (Å²) in [7, 11) is 0. The quantitative estimate of drug-likeness (QED) is 0.846. The van der Waals surface area contributed by atoms with Gasteiger partial charge in [-0.25, -0.2) is 0 Å². The summed E-state index contributed by atoms with van der Waals surface area (Å²) in [6.45, 7) is 8.66. The van der Waals surface area contributed by atoms with Crippen LogP contribution in [0.1, 0.15) is 31.9 Å². The molecule has 1 aliphatic rings. The highest BCUT2D eigenvalue weighted by atomic mass is 16.6. The monoisotopic (exact) mass is 285 g/mol. The first-order chi connectivity index (χ1) is 9.82. The number of benzene rings is 2. The minimum atomic E-state index is -1.29. The van der Waals surface area contributed by atoms with Crippen LogP contribution >= 0.6 is 0 Å². The number of aryl methyl sites for hydroxylation is 1. The summed E-state index contributed by atoms with van der Waals surface area (Å²) in [5.41, 5.74) is 1.84. The van der Waals surface area contributed by atoms with Crippen LogP contribution in [0.2, 0.25) is 0 Å². The van der Waals surface area contributed by atoms with E-state index in [0.29, 0.717) is 6.61 Å². The van der Waals surface area contributed by atoms with Gasteiger partial charge in [-0.3, -0.25) is 0 Å². The lowest BCUT2D eigenvalue weighted by Crippen LogP contribution is -2.63. The van der Waals surface area contributed by atoms with Crippen LogP contribution < -0.4 is 5.32 Å². The Kier molecular flexibility index (Phi) is 3.32. The number of hydrogen-bond donors (Lipinski definition) is 2. The smallest absolute Gasteiger partial charge is 0.208 e. The van der Waals surface area contributed by atoms with Gasteiger partial charge in [0.2, 0.25) is 5.79 Å². The van der Waals surface area contributed by atoms with Crippen LogP contribution in [-0.4, -0.2) is 23.3 Å². The molecule has 0 spiro atoms. The zero-order valence-corrected chi connectivity index (χ0v) is 13.1. The van der Waals surface area contributed by atoms with Crippen molar-refractivity contribution in [1.29, 1.82) is 0 Å². The number of rotatable bonds is 1. The van der Waals surface area contributed by atoms with E-state index in [2.05, 4.69) is 38.2 Å². The molecule has 3 nitrogen and oxygen atoms in total. The van der Waals surface area contributed by atoms with Crippen molar-refractivity contribution >= 4 is 10.8 Å². The molecule has 3 rings (SSSR count). The van der Waals surface area contributed by atoms with Crippen LogP contribution in [-0.2, 0) is 10.5 Å². The van der Waals surface area contributed by atoms with Crippen LogP contribution in [0.4, 0.5) is 0 Å². The Hall–Kier alpha value is -1.42. The molecule has 0 bridgehead atoms. The summed E-state index contributed by atoms with van der Waals surface area (Å²) in [5.74, 6) is -1.29. The molecule has 1 heterocycles. The predicted molar refractivity (Wildman–Crippen MR) is 85.2 cm³/mol. The summed E-state index contributed by atoms with van der Waals surface area (Å²) in [4.78, 5) is 0. The molecule has 0 amide bonds. The van der Waals surface area contributed by atoms with E-state index in [1.807, 2.05) is 31.2 Å². The number of hydrogen-bond acceptors (Lipinski definition) is 3. The number of fused-ring (bicyclic) bond motifs is 1. The number of ether oxygens (including phenoxy) is 1. The van der Waals surface area contributed by atoms with E-state index in [4.69, 9.17) is 4.74 Å². The topological polar surface area (TPSA) is 41.5 Å². The summed E-state index contributed by atoms with van der Waals surface area (Å²) in [6, 6.07) is 12.1. The van der Waals surface area contributed by atoms with Gasteiger partial charge in [-0.2, -0.15) is 0 Å². The van der Waals surface area contributed by atoms with E-state index in [1.165, 1.54) is 5.39 Å². The van der Waals surface area contributed by atoms with E-state index in [-0.39, 0.29) is 11.6 Å². The van der Waals surface area contributed by atoms with Crippen LogP contribution in [0.15, 0.2) is 36.4 Å². The number of morpholine rings is 1. The molecule has 2 unspecified atom stereocenters. The summed E-state index contributed by atoms with van der Waals surface area (Å²) in [5, 5.41) is 16.8. The SMILES string of the molecule is Cc1cc(C2(O)OCC(C)(C)NC2C)cc2ccccc12. The fourth-order valence-electron chi connectivity index (χ4n) is 3.18. The molecule has 3 heteroatoms. The third-order valence-corrected chi connectivity index (χ3v) is 4.33. The van der Waals surface area contributed by atoms with E-state index in [0.717, 1.165) is 16.5 Å². The second-order valence-corrected chi connectivity index (χ2v) is 6.75. The zero-order valence-electron chi connectivity index (χ0n) is 13.1. The molecular formula is C18H23NO2. The van der Waals surface area contributed by atoms with Crippen molar-refractivity contribution in [2.45, 2.75) is 45.1 Å². The highest BCUT2D eigenvalue weighted by Crippen LogP contribution is 2.35. The van der Waals surface area contributed by atoms with Crippen molar-refractivity contribution in [1.82, 2.24) is 5.32 Å². The average Bonchev–Trinajstić information content (AvgIpc) is 2.43. The predicted octanol–water partition coefficient (Wildman–Crippen LogP) is 3.08. The Morgan fingerprint density at radius 1 is 1.24 bits per heavy atom. The first-order valence-corrected chi connectivity index (χ1v) is 7.46. The van der Waals surface area contributed by atoms with Crippen LogP contribution in [0.25, 0.3) is 10.8 Å². The number of aliphatic hydroxyl groups is 1. The lowest BCUT2D eigenvalue weighted by Gasteiger charge is -2.46. The third kappa shape index (κ3) is 2.46.